The highest BCUT2D eigenvalue weighted by Gasteiger charge is 2.09. The van der Waals surface area contributed by atoms with Crippen molar-refractivity contribution in [3.63, 3.8) is 0 Å². The quantitative estimate of drug-likeness (QED) is 0.734. The minimum atomic E-state index is -4.27. The largest absolute Gasteiger partial charge is 0.325 e. The molecule has 0 saturated heterocycles. The lowest BCUT2D eigenvalue weighted by molar-refractivity contribution is 0.381. The van der Waals surface area contributed by atoms with Gasteiger partial charge in [0.15, 0.2) is 0 Å². The topological polar surface area (TPSA) is 112 Å². The maximum absolute atomic E-state index is 10.4. The van der Waals surface area contributed by atoms with Gasteiger partial charge in [-0.3, -0.25) is 4.57 Å². The molecule has 1 aromatic rings. The van der Waals surface area contributed by atoms with Crippen molar-refractivity contribution in [1.82, 2.24) is 0 Å². The number of hydrogen-bond donors (Lipinski definition) is 2. The molecule has 0 aliphatic heterocycles. The average Bonchev–Trinajstić information content (AvgIpc) is 1.99. The maximum Gasteiger partial charge on any atom is 0.324 e. The molecule has 0 aliphatic carbocycles. The van der Waals surface area contributed by atoms with E-state index in [9.17, 15) is 17.5 Å². The van der Waals surface area contributed by atoms with E-state index in [-0.39, 0.29) is 4.90 Å². The summed E-state index contributed by atoms with van der Waals surface area (Å²) in [5, 5.41) is 0. The Hall–Kier alpha value is -0.720. The first-order valence-corrected chi connectivity index (χ1v) is 7.52. The van der Waals surface area contributed by atoms with E-state index in [4.69, 9.17) is 9.79 Å². The van der Waals surface area contributed by atoms with Crippen molar-refractivity contribution >= 4 is 17.7 Å². The van der Waals surface area contributed by atoms with Crippen LogP contribution in [0.3, 0.4) is 0 Å². The normalized spacial score (nSPS) is 11.6. The summed E-state index contributed by atoms with van der Waals surface area (Å²) in [5.41, 5.74) is 0.928. The highest BCUT2D eigenvalue weighted by molar-refractivity contribution is 7.85. The molecule has 0 aliphatic rings. The number of aryl methyl sites for hydroxylation is 1. The fourth-order valence-electron chi connectivity index (χ4n) is 0.705. The first-order valence-electron chi connectivity index (χ1n) is 4.06. The molecule has 91 valence electrons. The molecule has 8 heteroatoms. The monoisotopic (exact) mass is 267 g/mol. The van der Waals surface area contributed by atoms with Gasteiger partial charge in [0.1, 0.15) is 0 Å². The van der Waals surface area contributed by atoms with Gasteiger partial charge in [-0.1, -0.05) is 22.2 Å². The minimum Gasteiger partial charge on any atom is -0.325 e. The Morgan fingerprint density at radius 1 is 1.12 bits per heavy atom. The Morgan fingerprint density at radius 3 is 1.69 bits per heavy atom. The van der Waals surface area contributed by atoms with Crippen molar-refractivity contribution in [1.29, 1.82) is 0 Å². The van der Waals surface area contributed by atoms with Crippen LogP contribution in [0, 0.1) is 6.92 Å². The Labute approximate surface area is 93.8 Å². The lowest BCUT2D eigenvalue weighted by Crippen LogP contribution is -1.94. The fourth-order valence-corrected chi connectivity index (χ4v) is 1.17. The van der Waals surface area contributed by atoms with Gasteiger partial charge in [0.2, 0.25) is 0 Å². The zero-order chi connectivity index (χ0) is 13.0. The molecule has 0 saturated carbocycles. The molecular weight excluding hydrogens is 255 g/mol. The van der Waals surface area contributed by atoms with Crippen LogP contribution in [0.1, 0.15) is 5.56 Å². The highest BCUT2D eigenvalue weighted by Crippen LogP contribution is 2.26. The second-order valence-electron chi connectivity index (χ2n) is 3.10. The summed E-state index contributed by atoms with van der Waals surface area (Å²) in [6.45, 7) is 2.67. The molecule has 0 spiro atoms. The zero-order valence-corrected chi connectivity index (χ0v) is 10.4. The number of rotatable bonds is 1. The maximum atomic E-state index is 10.4. The number of benzene rings is 1. The minimum absolute atomic E-state index is 0.178. The van der Waals surface area contributed by atoms with Crippen molar-refractivity contribution in [2.75, 3.05) is 6.66 Å². The molecule has 0 heterocycles. The van der Waals surface area contributed by atoms with Gasteiger partial charge < -0.3 is 9.79 Å². The summed E-state index contributed by atoms with van der Waals surface area (Å²) >= 11 is 0. The Balaban J connectivity index is 0.000000385. The van der Waals surface area contributed by atoms with Crippen LogP contribution in [-0.4, -0.2) is 24.9 Å². The van der Waals surface area contributed by atoms with E-state index >= 15 is 0 Å². The molecule has 1 radical (unpaired) electrons. The summed E-state index contributed by atoms with van der Waals surface area (Å²) in [6.07, 6.45) is 0. The van der Waals surface area contributed by atoms with Crippen molar-refractivity contribution in [2.24, 2.45) is 0 Å². The van der Waals surface area contributed by atoms with E-state index in [1.54, 1.807) is 12.1 Å². The lowest BCUT2D eigenvalue weighted by Gasteiger charge is -1.93. The summed E-state index contributed by atoms with van der Waals surface area (Å²) in [7, 11) is -7.91. The van der Waals surface area contributed by atoms with Gasteiger partial charge in [-0.2, -0.15) is 8.42 Å². The molecule has 0 unspecified atom stereocenters. The van der Waals surface area contributed by atoms with Gasteiger partial charge in [-0.25, -0.2) is 0 Å². The van der Waals surface area contributed by atoms with Crippen LogP contribution < -0.4 is 0 Å². The predicted octanol–water partition coefficient (Wildman–Crippen LogP) is 0.908. The molecule has 0 amide bonds. The van der Waals surface area contributed by atoms with E-state index in [1.807, 2.05) is 6.92 Å². The van der Waals surface area contributed by atoms with Crippen LogP contribution in [-0.2, 0) is 19.2 Å². The molecule has 0 aromatic heterocycles. The third-order valence-corrected chi connectivity index (χ3v) is 2.16. The summed E-state index contributed by atoms with van der Waals surface area (Å²) in [5.74, 6) is 0. The lowest BCUT2D eigenvalue weighted by atomic mass is 10.2. The van der Waals surface area contributed by atoms with Gasteiger partial charge in [0, 0.05) is 6.66 Å². The van der Waals surface area contributed by atoms with Gasteiger partial charge in [-0.15, -0.1) is 0 Å². The van der Waals surface area contributed by atoms with E-state index in [0.717, 1.165) is 12.2 Å². The Morgan fingerprint density at radius 2 is 1.44 bits per heavy atom. The molecular formula is C8H12O6PS. The van der Waals surface area contributed by atoms with E-state index < -0.39 is 17.7 Å². The Bertz CT molecular complexity index is 463. The zero-order valence-electron chi connectivity index (χ0n) is 8.69. The van der Waals surface area contributed by atoms with Crippen molar-refractivity contribution < 1.29 is 27.3 Å². The van der Waals surface area contributed by atoms with Gasteiger partial charge in [-0.05, 0) is 19.1 Å². The standard InChI is InChI=1S/C7H7O3S.CH5O3P/c1-6-2-4-7(5-3-6)11(8,9)10;1-5(2,3)4/h2-5H,1H3;1H3,(H2,2,3,4). The molecule has 1 rings (SSSR count). The highest BCUT2D eigenvalue weighted by atomic mass is 32.2. The second kappa shape index (κ2) is 5.56. The summed E-state index contributed by atoms with van der Waals surface area (Å²) < 4.78 is 40.5. The number of hydrogen-bond acceptors (Lipinski definition) is 3. The van der Waals surface area contributed by atoms with Crippen LogP contribution in [0.15, 0.2) is 29.2 Å². The predicted molar refractivity (Wildman–Crippen MR) is 57.0 cm³/mol. The SMILES string of the molecule is CP(=O)(O)O.Cc1ccc(S([O])(=O)=O)cc1. The second-order valence-corrected chi connectivity index (χ2v) is 6.15. The van der Waals surface area contributed by atoms with Crippen LogP contribution in [0.2, 0.25) is 0 Å². The smallest absolute Gasteiger partial charge is 0.324 e. The summed E-state index contributed by atoms with van der Waals surface area (Å²) in [4.78, 5) is 15.1. The van der Waals surface area contributed by atoms with Crippen molar-refractivity contribution in [3.8, 4) is 0 Å². The molecule has 1 aromatic carbocycles. The van der Waals surface area contributed by atoms with Gasteiger partial charge in [0.25, 0.3) is 0 Å². The fraction of sp³-hybridized carbons (Fsp3) is 0.250. The van der Waals surface area contributed by atoms with E-state index in [0.29, 0.717) is 0 Å². The average molecular weight is 267 g/mol. The third-order valence-electron chi connectivity index (χ3n) is 1.31. The first kappa shape index (κ1) is 15.3. The third kappa shape index (κ3) is 8.58. The van der Waals surface area contributed by atoms with Gasteiger partial charge in [0.05, 0.1) is 4.90 Å². The van der Waals surface area contributed by atoms with Crippen molar-refractivity contribution in [2.45, 2.75) is 11.8 Å². The van der Waals surface area contributed by atoms with Crippen LogP contribution >= 0.6 is 7.60 Å². The van der Waals surface area contributed by atoms with Crippen LogP contribution in [0.5, 0.6) is 0 Å². The molecule has 0 bridgehead atoms. The molecule has 2 N–H and O–H groups in total. The summed E-state index contributed by atoms with van der Waals surface area (Å²) in [6, 6.07) is 5.78. The molecule has 6 nitrogen and oxygen atoms in total. The molecule has 0 fully saturated rings. The first-order chi connectivity index (χ1) is 7.00. The van der Waals surface area contributed by atoms with Crippen LogP contribution in [0.4, 0.5) is 0 Å². The van der Waals surface area contributed by atoms with E-state index in [2.05, 4.69) is 0 Å². The van der Waals surface area contributed by atoms with E-state index in [1.165, 1.54) is 12.1 Å². The van der Waals surface area contributed by atoms with Crippen molar-refractivity contribution in [3.05, 3.63) is 29.8 Å². The molecule has 0 atom stereocenters. The Kier molecular flexibility index (Phi) is 5.31. The van der Waals surface area contributed by atoms with Crippen LogP contribution in [0.25, 0.3) is 0 Å². The molecule has 16 heavy (non-hydrogen) atoms. The van der Waals surface area contributed by atoms with Gasteiger partial charge >= 0.3 is 17.7 Å².